The first-order valence-electron chi connectivity index (χ1n) is 10.0. The van der Waals surface area contributed by atoms with Crippen molar-refractivity contribution in [2.24, 2.45) is 0 Å². The summed E-state index contributed by atoms with van der Waals surface area (Å²) in [5.41, 5.74) is -0.675. The van der Waals surface area contributed by atoms with Gasteiger partial charge in [-0.15, -0.1) is 0 Å². The third-order valence-electron chi connectivity index (χ3n) is 5.82. The molecule has 2 heterocycles. The number of nitrogens with zero attached hydrogens (tertiary/aromatic N) is 1. The zero-order chi connectivity index (χ0) is 22.2. The van der Waals surface area contributed by atoms with Gasteiger partial charge in [-0.3, -0.25) is 4.79 Å². The second kappa shape index (κ2) is 8.30. The van der Waals surface area contributed by atoms with Gasteiger partial charge in [-0.2, -0.15) is 0 Å². The Labute approximate surface area is 177 Å². The maximum atomic E-state index is 14.4. The van der Waals surface area contributed by atoms with E-state index in [-0.39, 0.29) is 62.0 Å². The van der Waals surface area contributed by atoms with Crippen LogP contribution in [0.4, 0.5) is 24.5 Å². The molecule has 2 aromatic carbocycles. The van der Waals surface area contributed by atoms with Crippen LogP contribution in [0.2, 0.25) is 0 Å². The number of halogens is 3. The molecular weight excluding hydrogens is 413 g/mol. The van der Waals surface area contributed by atoms with Gasteiger partial charge in [-0.05, 0) is 31.4 Å². The smallest absolute Gasteiger partial charge is 0.224 e. The van der Waals surface area contributed by atoms with E-state index in [0.29, 0.717) is 17.7 Å². The van der Waals surface area contributed by atoms with E-state index in [2.05, 4.69) is 5.32 Å². The molecule has 0 saturated carbocycles. The number of anilines is 2. The lowest BCUT2D eigenvalue weighted by Crippen LogP contribution is -2.48. The number of ether oxygens (including phenoxy) is 2. The SMILES string of the molecule is COc1cc(F)c(N2CCC(O)(COc3ccc(F)c4c3CCC(=O)N4)CC2)c(F)c1. The minimum absolute atomic E-state index is 0.0551. The van der Waals surface area contributed by atoms with Crippen LogP contribution in [0, 0.1) is 17.5 Å². The number of rotatable bonds is 5. The highest BCUT2D eigenvalue weighted by Crippen LogP contribution is 2.36. The molecule has 166 valence electrons. The average Bonchev–Trinajstić information content (AvgIpc) is 2.74. The lowest BCUT2D eigenvalue weighted by Gasteiger charge is -2.39. The molecule has 31 heavy (non-hydrogen) atoms. The van der Waals surface area contributed by atoms with Gasteiger partial charge in [0.15, 0.2) is 11.6 Å². The second-order valence-electron chi connectivity index (χ2n) is 7.89. The average molecular weight is 436 g/mol. The summed E-state index contributed by atoms with van der Waals surface area (Å²) in [4.78, 5) is 13.1. The number of carbonyl (C=O) groups is 1. The number of carbonyl (C=O) groups excluding carboxylic acids is 1. The van der Waals surface area contributed by atoms with Crippen molar-refractivity contribution in [1.29, 1.82) is 0 Å². The van der Waals surface area contributed by atoms with E-state index in [4.69, 9.17) is 9.47 Å². The highest BCUT2D eigenvalue weighted by atomic mass is 19.1. The molecule has 2 aromatic rings. The van der Waals surface area contributed by atoms with Crippen LogP contribution >= 0.6 is 0 Å². The normalized spacial score (nSPS) is 17.7. The summed E-state index contributed by atoms with van der Waals surface area (Å²) < 4.78 is 53.4. The molecule has 0 spiro atoms. The maximum absolute atomic E-state index is 14.4. The Bertz CT molecular complexity index is 983. The zero-order valence-electron chi connectivity index (χ0n) is 17.0. The first-order chi connectivity index (χ1) is 14.8. The largest absolute Gasteiger partial charge is 0.497 e. The molecule has 0 unspecified atom stereocenters. The Balaban J connectivity index is 1.43. The lowest BCUT2D eigenvalue weighted by atomic mass is 9.92. The molecule has 0 radical (unpaired) electrons. The van der Waals surface area contributed by atoms with E-state index in [0.717, 1.165) is 12.1 Å². The van der Waals surface area contributed by atoms with E-state index in [9.17, 15) is 23.1 Å². The molecule has 1 amide bonds. The summed E-state index contributed by atoms with van der Waals surface area (Å²) in [7, 11) is 1.33. The molecule has 0 aromatic heterocycles. The van der Waals surface area contributed by atoms with Crippen LogP contribution in [0.3, 0.4) is 0 Å². The number of fused-ring (bicyclic) bond motifs is 1. The fourth-order valence-electron chi connectivity index (χ4n) is 4.02. The standard InChI is InChI=1S/C22H23F3N2O4/c1-30-13-10-16(24)21(17(25)11-13)27-8-6-22(29,7-9-27)12-31-18-4-3-15(23)20-14(18)2-5-19(28)26-20/h3-4,10-11,29H,2,5-9,12H2,1H3,(H,26,28). The van der Waals surface area contributed by atoms with Gasteiger partial charge in [0.05, 0.1) is 12.8 Å². The van der Waals surface area contributed by atoms with Gasteiger partial charge in [0, 0.05) is 37.2 Å². The topological polar surface area (TPSA) is 71.0 Å². The van der Waals surface area contributed by atoms with E-state index >= 15 is 0 Å². The predicted octanol–water partition coefficient (Wildman–Crippen LogP) is 3.41. The van der Waals surface area contributed by atoms with Crippen molar-refractivity contribution in [2.45, 2.75) is 31.3 Å². The summed E-state index contributed by atoms with van der Waals surface area (Å²) in [6.45, 7) is 0.412. The van der Waals surface area contributed by atoms with Crippen LogP contribution < -0.4 is 19.7 Å². The van der Waals surface area contributed by atoms with Crippen LogP contribution in [0.15, 0.2) is 24.3 Å². The summed E-state index contributed by atoms with van der Waals surface area (Å²) in [5.74, 6) is -1.74. The molecule has 0 bridgehead atoms. The van der Waals surface area contributed by atoms with E-state index < -0.39 is 23.1 Å². The van der Waals surface area contributed by atoms with Crippen molar-refractivity contribution in [3.63, 3.8) is 0 Å². The van der Waals surface area contributed by atoms with E-state index in [1.54, 1.807) is 4.90 Å². The van der Waals surface area contributed by atoms with Crippen LogP contribution in [-0.4, -0.2) is 43.4 Å². The third kappa shape index (κ3) is 4.27. The van der Waals surface area contributed by atoms with Crippen LogP contribution in [0.5, 0.6) is 11.5 Å². The van der Waals surface area contributed by atoms with E-state index in [1.807, 2.05) is 0 Å². The second-order valence-corrected chi connectivity index (χ2v) is 7.89. The molecule has 2 aliphatic rings. The quantitative estimate of drug-likeness (QED) is 0.752. The van der Waals surface area contributed by atoms with Crippen LogP contribution in [0.1, 0.15) is 24.8 Å². The number of methoxy groups -OCH3 is 1. The van der Waals surface area contributed by atoms with Crippen LogP contribution in [0.25, 0.3) is 0 Å². The number of nitrogens with one attached hydrogen (secondary N) is 1. The Morgan fingerprint density at radius 2 is 1.77 bits per heavy atom. The Hall–Kier alpha value is -2.94. The molecule has 9 heteroatoms. The van der Waals surface area contributed by atoms with Crippen molar-refractivity contribution in [2.75, 3.05) is 37.0 Å². The summed E-state index contributed by atoms with van der Waals surface area (Å²) in [6.07, 6.45) is 1.04. The van der Waals surface area contributed by atoms with Gasteiger partial charge in [-0.1, -0.05) is 0 Å². The molecule has 2 aliphatic heterocycles. The van der Waals surface area contributed by atoms with Gasteiger partial charge in [-0.25, -0.2) is 13.2 Å². The zero-order valence-corrected chi connectivity index (χ0v) is 17.0. The Morgan fingerprint density at radius 1 is 1.10 bits per heavy atom. The Kier molecular flexibility index (Phi) is 5.70. The maximum Gasteiger partial charge on any atom is 0.224 e. The fourth-order valence-corrected chi connectivity index (χ4v) is 4.02. The molecule has 2 N–H and O–H groups in total. The van der Waals surface area contributed by atoms with Crippen molar-refractivity contribution >= 4 is 17.3 Å². The van der Waals surface area contributed by atoms with Gasteiger partial charge < -0.3 is 24.8 Å². The third-order valence-corrected chi connectivity index (χ3v) is 5.82. The van der Waals surface area contributed by atoms with E-state index in [1.165, 1.54) is 19.2 Å². The molecule has 6 nitrogen and oxygen atoms in total. The summed E-state index contributed by atoms with van der Waals surface area (Å²) in [6, 6.07) is 4.94. The van der Waals surface area contributed by atoms with Gasteiger partial charge >= 0.3 is 0 Å². The number of hydrogen-bond donors (Lipinski definition) is 2. The minimum atomic E-state index is -1.20. The molecule has 4 rings (SSSR count). The van der Waals surface area contributed by atoms with Gasteiger partial charge in [0.25, 0.3) is 0 Å². The monoisotopic (exact) mass is 436 g/mol. The highest BCUT2D eigenvalue weighted by Gasteiger charge is 2.35. The first-order valence-corrected chi connectivity index (χ1v) is 10.0. The van der Waals surface area contributed by atoms with Gasteiger partial charge in [0.1, 0.15) is 35.2 Å². The van der Waals surface area contributed by atoms with Crippen molar-refractivity contribution in [3.05, 3.63) is 47.3 Å². The number of aliphatic hydroxyl groups is 1. The molecule has 1 saturated heterocycles. The summed E-state index contributed by atoms with van der Waals surface area (Å²) in [5, 5.41) is 13.4. The first kappa shape index (κ1) is 21.3. The molecule has 0 aliphatic carbocycles. The number of benzene rings is 2. The predicted molar refractivity (Wildman–Crippen MR) is 108 cm³/mol. The fraction of sp³-hybridized carbons (Fsp3) is 0.409. The number of piperidine rings is 1. The summed E-state index contributed by atoms with van der Waals surface area (Å²) >= 11 is 0. The highest BCUT2D eigenvalue weighted by molar-refractivity contribution is 5.94. The lowest BCUT2D eigenvalue weighted by molar-refractivity contribution is -0.116. The van der Waals surface area contributed by atoms with Crippen LogP contribution in [-0.2, 0) is 11.2 Å². The van der Waals surface area contributed by atoms with Gasteiger partial charge in [0.2, 0.25) is 5.91 Å². The molecular formula is C22H23F3N2O4. The van der Waals surface area contributed by atoms with Crippen molar-refractivity contribution < 1.29 is 32.5 Å². The number of amides is 1. The molecule has 1 fully saturated rings. The van der Waals surface area contributed by atoms with Crippen molar-refractivity contribution in [3.8, 4) is 11.5 Å². The number of hydrogen-bond acceptors (Lipinski definition) is 5. The van der Waals surface area contributed by atoms with Crippen molar-refractivity contribution in [1.82, 2.24) is 0 Å². The molecule has 0 atom stereocenters. The Morgan fingerprint density at radius 3 is 2.42 bits per heavy atom. The minimum Gasteiger partial charge on any atom is -0.497 e.